The van der Waals surface area contributed by atoms with Gasteiger partial charge in [-0.3, -0.25) is 0 Å². The molecule has 2 heteroatoms. The molecule has 1 N–H and O–H groups in total. The van der Waals surface area contributed by atoms with Crippen LogP contribution in [0.2, 0.25) is 0 Å². The van der Waals surface area contributed by atoms with Crippen LogP contribution < -0.4 is 4.74 Å². The van der Waals surface area contributed by atoms with Crippen molar-refractivity contribution in [1.29, 1.82) is 0 Å². The van der Waals surface area contributed by atoms with Crippen molar-refractivity contribution in [2.45, 2.75) is 65.1 Å². The van der Waals surface area contributed by atoms with Gasteiger partial charge in [0.1, 0.15) is 5.75 Å². The first-order valence-electron chi connectivity index (χ1n) is 6.91. The monoisotopic (exact) mass is 250 g/mol. The van der Waals surface area contributed by atoms with E-state index in [4.69, 9.17) is 4.74 Å². The molecule has 2 nitrogen and oxygen atoms in total. The van der Waals surface area contributed by atoms with Crippen molar-refractivity contribution in [2.75, 3.05) is 0 Å². The summed E-state index contributed by atoms with van der Waals surface area (Å²) in [6.07, 6.45) is 3.68. The molecule has 0 aliphatic carbocycles. The van der Waals surface area contributed by atoms with Crippen molar-refractivity contribution in [2.24, 2.45) is 0 Å². The Balaban J connectivity index is 2.66. The van der Waals surface area contributed by atoms with E-state index in [1.807, 2.05) is 39.0 Å². The van der Waals surface area contributed by atoms with Gasteiger partial charge in [-0.2, -0.15) is 0 Å². The third-order valence-electron chi connectivity index (χ3n) is 3.06. The summed E-state index contributed by atoms with van der Waals surface area (Å²) in [4.78, 5) is 0. The molecule has 0 bridgehead atoms. The van der Waals surface area contributed by atoms with E-state index >= 15 is 0 Å². The first kappa shape index (κ1) is 15.0. The number of ether oxygens (including phenoxy) is 1. The van der Waals surface area contributed by atoms with Gasteiger partial charge < -0.3 is 9.84 Å². The van der Waals surface area contributed by atoms with E-state index in [-0.39, 0.29) is 6.10 Å². The fraction of sp³-hybridized carbons (Fsp3) is 0.625. The molecular weight excluding hydrogens is 224 g/mol. The standard InChI is InChI=1S/C16H26O2/c1-5-11-16(4,17)12-10-14-8-6-7-9-15(14)18-13(2)3/h6-9,13,17H,5,10-12H2,1-4H3. The van der Waals surface area contributed by atoms with Crippen LogP contribution in [-0.2, 0) is 6.42 Å². The lowest BCUT2D eigenvalue weighted by Gasteiger charge is -2.23. The van der Waals surface area contributed by atoms with E-state index in [1.165, 1.54) is 5.56 Å². The maximum atomic E-state index is 10.2. The zero-order chi connectivity index (χ0) is 13.6. The Morgan fingerprint density at radius 1 is 1.22 bits per heavy atom. The second-order valence-corrected chi connectivity index (χ2v) is 5.52. The highest BCUT2D eigenvalue weighted by Gasteiger charge is 2.19. The quantitative estimate of drug-likeness (QED) is 0.793. The highest BCUT2D eigenvalue weighted by molar-refractivity contribution is 5.33. The van der Waals surface area contributed by atoms with Gasteiger partial charge in [0.2, 0.25) is 0 Å². The molecule has 0 saturated carbocycles. The normalized spacial score (nSPS) is 14.6. The van der Waals surface area contributed by atoms with E-state index in [0.29, 0.717) is 0 Å². The fourth-order valence-electron chi connectivity index (χ4n) is 2.15. The Morgan fingerprint density at radius 3 is 2.50 bits per heavy atom. The van der Waals surface area contributed by atoms with Crippen molar-refractivity contribution in [3.63, 3.8) is 0 Å². The van der Waals surface area contributed by atoms with Crippen LogP contribution in [0, 0.1) is 0 Å². The van der Waals surface area contributed by atoms with Crippen LogP contribution in [0.25, 0.3) is 0 Å². The van der Waals surface area contributed by atoms with E-state index in [9.17, 15) is 5.11 Å². The van der Waals surface area contributed by atoms with Crippen LogP contribution in [0.1, 0.15) is 52.5 Å². The molecule has 0 radical (unpaired) electrons. The summed E-state index contributed by atoms with van der Waals surface area (Å²) in [5, 5.41) is 10.2. The Bertz CT molecular complexity index is 356. The predicted octanol–water partition coefficient (Wildman–Crippen LogP) is 3.96. The SMILES string of the molecule is CCCC(C)(O)CCc1ccccc1OC(C)C. The topological polar surface area (TPSA) is 29.5 Å². The summed E-state index contributed by atoms with van der Waals surface area (Å²) in [7, 11) is 0. The fourth-order valence-corrected chi connectivity index (χ4v) is 2.15. The van der Waals surface area contributed by atoms with Crippen molar-refractivity contribution in [3.05, 3.63) is 29.8 Å². The van der Waals surface area contributed by atoms with Crippen molar-refractivity contribution in [1.82, 2.24) is 0 Å². The third-order valence-corrected chi connectivity index (χ3v) is 3.06. The number of aryl methyl sites for hydroxylation is 1. The highest BCUT2D eigenvalue weighted by Crippen LogP contribution is 2.25. The molecule has 1 rings (SSSR count). The van der Waals surface area contributed by atoms with Crippen molar-refractivity contribution >= 4 is 0 Å². The van der Waals surface area contributed by atoms with Crippen LogP contribution in [0.15, 0.2) is 24.3 Å². The van der Waals surface area contributed by atoms with E-state index in [2.05, 4.69) is 13.0 Å². The molecular formula is C16H26O2. The minimum absolute atomic E-state index is 0.183. The predicted molar refractivity (Wildman–Crippen MR) is 76.1 cm³/mol. The van der Waals surface area contributed by atoms with E-state index in [0.717, 1.165) is 31.4 Å². The molecule has 1 aromatic rings. The Hall–Kier alpha value is -1.02. The van der Waals surface area contributed by atoms with E-state index in [1.54, 1.807) is 0 Å². The average molecular weight is 250 g/mol. The van der Waals surface area contributed by atoms with Gasteiger partial charge in [-0.25, -0.2) is 0 Å². The second-order valence-electron chi connectivity index (χ2n) is 5.52. The number of hydrogen-bond acceptors (Lipinski definition) is 2. The molecule has 0 spiro atoms. The number of para-hydroxylation sites is 1. The summed E-state index contributed by atoms with van der Waals surface area (Å²) >= 11 is 0. The summed E-state index contributed by atoms with van der Waals surface area (Å²) < 4.78 is 5.79. The van der Waals surface area contributed by atoms with Gasteiger partial charge in [0.15, 0.2) is 0 Å². The van der Waals surface area contributed by atoms with Gasteiger partial charge in [0, 0.05) is 0 Å². The lowest BCUT2D eigenvalue weighted by Crippen LogP contribution is -2.24. The molecule has 0 saturated heterocycles. The molecule has 0 heterocycles. The summed E-state index contributed by atoms with van der Waals surface area (Å²) in [6.45, 7) is 8.08. The van der Waals surface area contributed by atoms with Crippen LogP contribution in [0.5, 0.6) is 5.75 Å². The van der Waals surface area contributed by atoms with Gasteiger partial charge in [0.05, 0.1) is 11.7 Å². The van der Waals surface area contributed by atoms with Crippen LogP contribution in [0.3, 0.4) is 0 Å². The molecule has 1 atom stereocenters. The number of rotatable bonds is 7. The molecule has 1 aromatic carbocycles. The Kier molecular flexibility index (Phi) is 5.67. The molecule has 0 aliphatic heterocycles. The molecule has 18 heavy (non-hydrogen) atoms. The van der Waals surface area contributed by atoms with Crippen molar-refractivity contribution < 1.29 is 9.84 Å². The third kappa shape index (κ3) is 5.09. The molecule has 1 unspecified atom stereocenters. The maximum Gasteiger partial charge on any atom is 0.122 e. The average Bonchev–Trinajstić information content (AvgIpc) is 2.27. The van der Waals surface area contributed by atoms with Gasteiger partial charge in [-0.15, -0.1) is 0 Å². The molecule has 0 amide bonds. The zero-order valence-electron chi connectivity index (χ0n) is 12.1. The summed E-state index contributed by atoms with van der Waals surface area (Å²) in [5.41, 5.74) is 0.613. The first-order valence-corrected chi connectivity index (χ1v) is 6.91. The van der Waals surface area contributed by atoms with Crippen LogP contribution in [0.4, 0.5) is 0 Å². The maximum absolute atomic E-state index is 10.2. The summed E-state index contributed by atoms with van der Waals surface area (Å²) in [6, 6.07) is 8.10. The van der Waals surface area contributed by atoms with Gasteiger partial charge in [-0.1, -0.05) is 31.5 Å². The van der Waals surface area contributed by atoms with Crippen LogP contribution >= 0.6 is 0 Å². The van der Waals surface area contributed by atoms with E-state index < -0.39 is 5.60 Å². The van der Waals surface area contributed by atoms with Gasteiger partial charge >= 0.3 is 0 Å². The summed E-state index contributed by atoms with van der Waals surface area (Å²) in [5.74, 6) is 0.944. The number of aliphatic hydroxyl groups is 1. The lowest BCUT2D eigenvalue weighted by atomic mass is 9.92. The molecule has 0 aromatic heterocycles. The first-order chi connectivity index (χ1) is 8.44. The Morgan fingerprint density at radius 2 is 1.89 bits per heavy atom. The van der Waals surface area contributed by atoms with Crippen molar-refractivity contribution in [3.8, 4) is 5.75 Å². The van der Waals surface area contributed by atoms with Crippen LogP contribution in [-0.4, -0.2) is 16.8 Å². The van der Waals surface area contributed by atoms with Gasteiger partial charge in [0.25, 0.3) is 0 Å². The Labute approximate surface area is 111 Å². The zero-order valence-corrected chi connectivity index (χ0v) is 12.1. The molecule has 0 fully saturated rings. The minimum Gasteiger partial charge on any atom is -0.491 e. The largest absolute Gasteiger partial charge is 0.491 e. The molecule has 0 aliphatic rings. The second kappa shape index (κ2) is 6.79. The smallest absolute Gasteiger partial charge is 0.122 e. The molecule has 102 valence electrons. The lowest BCUT2D eigenvalue weighted by molar-refractivity contribution is 0.0414. The highest BCUT2D eigenvalue weighted by atomic mass is 16.5. The van der Waals surface area contributed by atoms with Gasteiger partial charge in [-0.05, 0) is 51.7 Å². The number of hydrogen-bond donors (Lipinski definition) is 1. The minimum atomic E-state index is -0.570. The number of benzene rings is 1.